The molecule has 0 aliphatic carbocycles. The highest BCUT2D eigenvalue weighted by molar-refractivity contribution is 8.03. The fourth-order valence-electron chi connectivity index (χ4n) is 5.78. The minimum Gasteiger partial charge on any atom is -0.390 e. The Morgan fingerprint density at radius 2 is 0.909 bits per heavy atom. The lowest BCUT2D eigenvalue weighted by atomic mass is 10.2. The second kappa shape index (κ2) is 22.2. The van der Waals surface area contributed by atoms with E-state index in [1.165, 1.54) is 46.2 Å². The topological polar surface area (TPSA) is 104 Å². The van der Waals surface area contributed by atoms with Crippen molar-refractivity contribution >= 4 is 70.0 Å². The lowest BCUT2D eigenvalue weighted by molar-refractivity contribution is 0.204. The Morgan fingerprint density at radius 3 is 1.25 bits per heavy atom. The predicted molar refractivity (Wildman–Crippen MR) is 236 cm³/mol. The number of hydrazone groups is 2. The maximum Gasteiger partial charge on any atom is 0.175 e. The van der Waals surface area contributed by atoms with Crippen LogP contribution in [-0.4, -0.2) is 95.8 Å². The quantitative estimate of drug-likeness (QED) is 0.0405. The normalized spacial score (nSPS) is 12.6. The number of hydrogen-bond donors (Lipinski definition) is 2. The van der Waals surface area contributed by atoms with Gasteiger partial charge in [-0.05, 0) is 87.4 Å². The summed E-state index contributed by atoms with van der Waals surface area (Å²) in [5.74, 6) is 0.864. The van der Waals surface area contributed by atoms with Gasteiger partial charge in [0.15, 0.2) is 8.68 Å². The smallest absolute Gasteiger partial charge is 0.175 e. The van der Waals surface area contributed by atoms with E-state index in [1.54, 1.807) is 0 Å². The summed E-state index contributed by atoms with van der Waals surface area (Å²) in [6, 6.07) is 36.5. The summed E-state index contributed by atoms with van der Waals surface area (Å²) in [6.07, 6.45) is 2.33. The van der Waals surface area contributed by atoms with Crippen LogP contribution < -0.4 is 19.8 Å². The van der Waals surface area contributed by atoms with Crippen molar-refractivity contribution in [1.82, 2.24) is 10.2 Å². The molecule has 0 saturated carbocycles. The Morgan fingerprint density at radius 1 is 0.545 bits per heavy atom. The second-order valence-corrected chi connectivity index (χ2v) is 16.1. The maximum atomic E-state index is 11.1. The number of aliphatic hydroxyl groups excluding tert-OH is 2. The summed E-state index contributed by atoms with van der Waals surface area (Å²) < 4.78 is 1.53. The van der Waals surface area contributed by atoms with Crippen LogP contribution in [0, 0.1) is 0 Å². The van der Waals surface area contributed by atoms with Crippen molar-refractivity contribution in [1.29, 1.82) is 0 Å². The van der Waals surface area contributed by atoms with Gasteiger partial charge >= 0.3 is 0 Å². The van der Waals surface area contributed by atoms with E-state index in [0.717, 1.165) is 57.4 Å². The molecule has 0 aliphatic heterocycles. The third-order valence-electron chi connectivity index (χ3n) is 8.80. The Bertz CT molecular complexity index is 1740. The molecule has 0 bridgehead atoms. The fraction of sp³-hybridized carbons (Fsp3) is 0.333. The lowest BCUT2D eigenvalue weighted by Gasteiger charge is -2.22. The number of aliphatic hydroxyl groups is 2. The van der Waals surface area contributed by atoms with Crippen molar-refractivity contribution in [3.05, 3.63) is 120 Å². The van der Waals surface area contributed by atoms with Gasteiger partial charge in [-0.25, -0.2) is 0 Å². The fourth-order valence-corrected chi connectivity index (χ4v) is 8.69. The number of aromatic nitrogens is 2. The minimum atomic E-state index is -0.668. The van der Waals surface area contributed by atoms with E-state index in [2.05, 4.69) is 96.2 Å². The van der Waals surface area contributed by atoms with Gasteiger partial charge in [0.05, 0.1) is 49.1 Å². The zero-order valence-corrected chi connectivity index (χ0v) is 34.5. The van der Waals surface area contributed by atoms with E-state index in [1.807, 2.05) is 83.1 Å². The molecule has 0 fully saturated rings. The van der Waals surface area contributed by atoms with Gasteiger partial charge in [-0.2, -0.15) is 10.2 Å². The van der Waals surface area contributed by atoms with Crippen molar-refractivity contribution in [3.8, 4) is 0 Å². The molecule has 0 amide bonds. The Kier molecular flexibility index (Phi) is 16.9. The predicted octanol–water partition coefficient (Wildman–Crippen LogP) is 8.22. The van der Waals surface area contributed by atoms with E-state index in [-0.39, 0.29) is 0 Å². The first-order valence-corrected chi connectivity index (χ1v) is 21.6. The van der Waals surface area contributed by atoms with E-state index in [0.29, 0.717) is 24.6 Å². The molecule has 2 atom stereocenters. The summed E-state index contributed by atoms with van der Waals surface area (Å²) in [4.78, 5) is 4.61. The van der Waals surface area contributed by atoms with E-state index in [4.69, 9.17) is 10.2 Å². The number of para-hydroxylation sites is 2. The molecule has 10 nitrogen and oxygen atoms in total. The molecule has 5 aromatic rings. The first-order chi connectivity index (χ1) is 26.9. The number of thioether (sulfide) groups is 2. The van der Waals surface area contributed by atoms with Crippen molar-refractivity contribution in [2.24, 2.45) is 10.2 Å². The molecular weight excluding hydrogens is 745 g/mol. The van der Waals surface area contributed by atoms with Crippen molar-refractivity contribution in [3.63, 3.8) is 0 Å². The zero-order valence-electron chi connectivity index (χ0n) is 32.1. The van der Waals surface area contributed by atoms with Crippen LogP contribution in [0.15, 0.2) is 128 Å². The SMILES string of the molecule is CCN(CC)c1ccc(/C=N\N(CC(O)CSc2nnc(SCC(O)CN(/N=C\c3ccc(N(CC)CC)cc3)c3ccccc3)s2)c2ccccc2)cc1. The van der Waals surface area contributed by atoms with Crippen molar-refractivity contribution in [2.45, 2.75) is 48.6 Å². The summed E-state index contributed by atoms with van der Waals surface area (Å²) in [5, 5.41) is 44.0. The third-order valence-corrected chi connectivity index (χ3v) is 12.3. The molecule has 1 aromatic heterocycles. The highest BCUT2D eigenvalue weighted by Gasteiger charge is 2.17. The van der Waals surface area contributed by atoms with Crippen LogP contribution in [0.25, 0.3) is 0 Å². The molecule has 290 valence electrons. The highest BCUT2D eigenvalue weighted by atomic mass is 32.2. The van der Waals surface area contributed by atoms with Crippen molar-refractivity contribution < 1.29 is 10.2 Å². The number of nitrogens with zero attached hydrogens (tertiary/aromatic N) is 8. The average molecular weight is 797 g/mol. The van der Waals surface area contributed by atoms with Gasteiger partial charge in [0, 0.05) is 49.1 Å². The summed E-state index contributed by atoms with van der Waals surface area (Å²) in [5.41, 5.74) is 6.15. The van der Waals surface area contributed by atoms with E-state index >= 15 is 0 Å². The molecule has 13 heteroatoms. The van der Waals surface area contributed by atoms with Gasteiger partial charge < -0.3 is 20.0 Å². The van der Waals surface area contributed by atoms with Crippen LogP contribution in [-0.2, 0) is 0 Å². The van der Waals surface area contributed by atoms with Gasteiger partial charge in [0.1, 0.15) is 0 Å². The summed E-state index contributed by atoms with van der Waals surface area (Å²) in [6.45, 7) is 13.1. The molecule has 0 saturated heterocycles. The van der Waals surface area contributed by atoms with Gasteiger partial charge in [0.2, 0.25) is 0 Å². The maximum absolute atomic E-state index is 11.1. The highest BCUT2D eigenvalue weighted by Crippen LogP contribution is 2.30. The van der Waals surface area contributed by atoms with Crippen LogP contribution in [0.2, 0.25) is 0 Å². The molecule has 55 heavy (non-hydrogen) atoms. The van der Waals surface area contributed by atoms with E-state index in [9.17, 15) is 10.2 Å². The van der Waals surface area contributed by atoms with Crippen LogP contribution in [0.5, 0.6) is 0 Å². The van der Waals surface area contributed by atoms with E-state index < -0.39 is 12.2 Å². The molecule has 0 radical (unpaired) electrons. The Hall–Kier alpha value is -4.40. The van der Waals surface area contributed by atoms with Gasteiger partial charge in [-0.3, -0.25) is 10.0 Å². The first kappa shape index (κ1) is 41.8. The number of hydrogen-bond acceptors (Lipinski definition) is 13. The molecule has 0 aliphatic rings. The summed E-state index contributed by atoms with van der Waals surface area (Å²) >= 11 is 4.40. The average Bonchev–Trinajstić information content (AvgIpc) is 3.70. The standard InChI is InChI=1S/C42H52N8O2S3/c1-5-47(6-2)35-23-19-33(20-24-35)27-43-49(37-15-11-9-12-16-37)29-39(51)31-53-41-45-46-42(55-41)54-32-40(52)30-50(38-17-13-10-14-18-38)44-28-34-21-25-36(26-22-34)48(7-3)8-4/h9-28,39-40,51-52H,5-8,29-32H2,1-4H3/b43-27-,44-28-. The van der Waals surface area contributed by atoms with Gasteiger partial charge in [-0.15, -0.1) is 10.2 Å². The van der Waals surface area contributed by atoms with Gasteiger partial charge in [0.25, 0.3) is 0 Å². The molecule has 5 rings (SSSR count). The van der Waals surface area contributed by atoms with Gasteiger partial charge in [-0.1, -0.05) is 95.5 Å². The monoisotopic (exact) mass is 796 g/mol. The number of anilines is 4. The number of benzene rings is 4. The molecule has 1 heterocycles. The first-order valence-electron chi connectivity index (χ1n) is 18.8. The lowest BCUT2D eigenvalue weighted by Crippen LogP contribution is -2.30. The zero-order chi connectivity index (χ0) is 38.8. The molecule has 4 aromatic carbocycles. The van der Waals surface area contributed by atoms with Crippen LogP contribution in [0.3, 0.4) is 0 Å². The van der Waals surface area contributed by atoms with Crippen LogP contribution in [0.4, 0.5) is 22.7 Å². The number of rotatable bonds is 22. The second-order valence-electron chi connectivity index (χ2n) is 12.6. The third kappa shape index (κ3) is 13.1. The Balaban J connectivity index is 1.13. The largest absolute Gasteiger partial charge is 0.390 e. The van der Waals surface area contributed by atoms with Crippen molar-refractivity contribution in [2.75, 3.05) is 70.6 Å². The minimum absolute atomic E-state index is 0.319. The van der Waals surface area contributed by atoms with Crippen LogP contribution in [0.1, 0.15) is 38.8 Å². The molecule has 2 unspecified atom stereocenters. The molecular formula is C42H52N8O2S3. The summed E-state index contributed by atoms with van der Waals surface area (Å²) in [7, 11) is 0. The Labute approximate surface area is 338 Å². The molecule has 2 N–H and O–H groups in total. The molecule has 0 spiro atoms. The van der Waals surface area contributed by atoms with Crippen LogP contribution >= 0.6 is 34.9 Å².